The molecule has 2 heterocycles. The van der Waals surface area contributed by atoms with Crippen LogP contribution >= 0.6 is 11.3 Å². The normalized spacial score (nSPS) is 12.2. The number of nitrogens with zero attached hydrogens (tertiary/aromatic N) is 2. The number of carbonyl (C=O) groups is 1. The molecule has 2 aromatic heterocycles. The fourth-order valence-corrected chi connectivity index (χ4v) is 4.03. The van der Waals surface area contributed by atoms with Crippen LogP contribution in [-0.2, 0) is 13.5 Å². The highest BCUT2D eigenvalue weighted by molar-refractivity contribution is 7.16. The third-order valence-electron chi connectivity index (χ3n) is 4.42. The van der Waals surface area contributed by atoms with Gasteiger partial charge in [0.15, 0.2) is 21.9 Å². The molecule has 0 unspecified atom stereocenters. The Morgan fingerprint density at radius 2 is 2.12 bits per heavy atom. The minimum absolute atomic E-state index is 0.205. The highest BCUT2D eigenvalue weighted by atomic mass is 32.1. The molecule has 132 valence electrons. The minimum atomic E-state index is -0.402. The quantitative estimate of drug-likeness (QED) is 0.543. The first-order chi connectivity index (χ1) is 12.6. The predicted molar refractivity (Wildman–Crippen MR) is 103 cm³/mol. The average Bonchev–Trinajstić information content (AvgIpc) is 3.23. The van der Waals surface area contributed by atoms with Crippen molar-refractivity contribution in [3.63, 3.8) is 0 Å². The van der Waals surface area contributed by atoms with E-state index in [1.54, 1.807) is 19.2 Å². The van der Waals surface area contributed by atoms with E-state index in [9.17, 15) is 4.79 Å². The van der Waals surface area contributed by atoms with Crippen molar-refractivity contribution in [2.75, 3.05) is 7.11 Å². The van der Waals surface area contributed by atoms with Gasteiger partial charge in [0, 0.05) is 12.4 Å². The molecule has 0 aliphatic heterocycles. The van der Waals surface area contributed by atoms with Crippen molar-refractivity contribution in [3.8, 4) is 5.75 Å². The number of aryl methyl sites for hydroxylation is 2. The molecule has 6 heteroatoms. The molecule has 5 nitrogen and oxygen atoms in total. The van der Waals surface area contributed by atoms with Gasteiger partial charge in [-0.15, -0.1) is 0 Å². The van der Waals surface area contributed by atoms with E-state index in [2.05, 4.69) is 30.1 Å². The summed E-state index contributed by atoms with van der Waals surface area (Å²) in [6, 6.07) is 13.6. The maximum absolute atomic E-state index is 12.6. The van der Waals surface area contributed by atoms with Crippen molar-refractivity contribution in [1.82, 2.24) is 4.57 Å². The van der Waals surface area contributed by atoms with E-state index < -0.39 is 5.91 Å². The number of methoxy groups -OCH3 is 1. The largest absolute Gasteiger partial charge is 0.493 e. The van der Waals surface area contributed by atoms with Crippen molar-refractivity contribution in [2.24, 2.45) is 12.0 Å². The number of rotatable bonds is 3. The first-order valence-electron chi connectivity index (χ1n) is 8.34. The Morgan fingerprint density at radius 3 is 2.88 bits per heavy atom. The van der Waals surface area contributed by atoms with Crippen molar-refractivity contribution in [2.45, 2.75) is 13.3 Å². The standard InChI is InChI=1S/C20H18N2O3S/c1-4-12-8-9-14-17(10-12)26-20(22(14)2)21-19(23)16-11-13-6-5-7-15(24-3)18(13)25-16/h5-11H,4H2,1-3H3. The first kappa shape index (κ1) is 16.6. The van der Waals surface area contributed by atoms with E-state index in [1.165, 1.54) is 16.9 Å². The second-order valence-corrected chi connectivity index (χ2v) is 7.01. The predicted octanol–water partition coefficient (Wildman–Crippen LogP) is 4.30. The fourth-order valence-electron chi connectivity index (χ4n) is 2.95. The number of hydrogen-bond acceptors (Lipinski definition) is 4. The number of thiazole rings is 1. The molecule has 0 bridgehead atoms. The number of aromatic nitrogens is 1. The van der Waals surface area contributed by atoms with Gasteiger partial charge < -0.3 is 13.7 Å². The molecule has 0 aliphatic carbocycles. The Morgan fingerprint density at radius 1 is 1.27 bits per heavy atom. The zero-order chi connectivity index (χ0) is 18.3. The van der Waals surface area contributed by atoms with Gasteiger partial charge in [0.25, 0.3) is 0 Å². The summed E-state index contributed by atoms with van der Waals surface area (Å²) >= 11 is 1.50. The van der Waals surface area contributed by atoms with Gasteiger partial charge in [-0.3, -0.25) is 4.79 Å². The summed E-state index contributed by atoms with van der Waals surface area (Å²) in [7, 11) is 3.49. The van der Waals surface area contributed by atoms with Crippen molar-refractivity contribution in [3.05, 3.63) is 58.6 Å². The number of carbonyl (C=O) groups excluding carboxylic acids is 1. The number of para-hydroxylation sites is 1. The topological polar surface area (TPSA) is 56.7 Å². The maximum atomic E-state index is 12.6. The monoisotopic (exact) mass is 366 g/mol. The van der Waals surface area contributed by atoms with E-state index in [0.29, 0.717) is 16.1 Å². The Balaban J connectivity index is 1.80. The van der Waals surface area contributed by atoms with Crippen molar-refractivity contribution >= 4 is 38.4 Å². The molecule has 4 rings (SSSR count). The zero-order valence-electron chi connectivity index (χ0n) is 14.8. The number of ether oxygens (including phenoxy) is 1. The average molecular weight is 366 g/mol. The summed E-state index contributed by atoms with van der Waals surface area (Å²) < 4.78 is 14.0. The minimum Gasteiger partial charge on any atom is -0.493 e. The van der Waals surface area contributed by atoms with Gasteiger partial charge in [-0.25, -0.2) is 0 Å². The van der Waals surface area contributed by atoms with E-state index in [-0.39, 0.29) is 5.76 Å². The van der Waals surface area contributed by atoms with Crippen molar-refractivity contribution in [1.29, 1.82) is 0 Å². The molecular formula is C20H18N2O3S. The molecule has 0 fully saturated rings. The van der Waals surface area contributed by atoms with Gasteiger partial charge in [-0.05, 0) is 36.2 Å². The van der Waals surface area contributed by atoms with Crippen LogP contribution in [0.2, 0.25) is 0 Å². The van der Waals surface area contributed by atoms with Crippen LogP contribution in [0.3, 0.4) is 0 Å². The van der Waals surface area contributed by atoms with Crippen LogP contribution in [0, 0.1) is 0 Å². The van der Waals surface area contributed by atoms with Crippen LogP contribution in [0.1, 0.15) is 23.0 Å². The Kier molecular flexibility index (Phi) is 4.12. The van der Waals surface area contributed by atoms with Crippen LogP contribution < -0.4 is 9.54 Å². The molecule has 0 atom stereocenters. The second-order valence-electron chi connectivity index (χ2n) is 6.01. The summed E-state index contributed by atoms with van der Waals surface area (Å²) in [5, 5.41) is 0.816. The Bertz CT molecular complexity index is 1200. The lowest BCUT2D eigenvalue weighted by Gasteiger charge is -1.98. The smallest absolute Gasteiger partial charge is 0.315 e. The van der Waals surface area contributed by atoms with Gasteiger partial charge in [0.05, 0.1) is 17.3 Å². The number of hydrogen-bond donors (Lipinski definition) is 0. The van der Waals surface area contributed by atoms with Crippen LogP contribution in [0.15, 0.2) is 51.9 Å². The molecule has 0 saturated carbocycles. The molecule has 0 spiro atoms. The highest BCUT2D eigenvalue weighted by Crippen LogP contribution is 2.28. The zero-order valence-corrected chi connectivity index (χ0v) is 15.6. The molecule has 0 aliphatic rings. The SMILES string of the molecule is CCc1ccc2c(c1)sc(=NC(=O)c1cc3cccc(OC)c3o1)n2C. The molecule has 26 heavy (non-hydrogen) atoms. The Labute approximate surface area is 154 Å². The number of benzene rings is 2. The summed E-state index contributed by atoms with van der Waals surface area (Å²) in [6.07, 6.45) is 0.976. The van der Waals surface area contributed by atoms with Crippen LogP contribution in [0.5, 0.6) is 5.75 Å². The van der Waals surface area contributed by atoms with Gasteiger partial charge >= 0.3 is 5.91 Å². The van der Waals surface area contributed by atoms with Gasteiger partial charge in [0.1, 0.15) is 0 Å². The molecule has 0 N–H and O–H groups in total. The molecular weight excluding hydrogens is 348 g/mol. The number of amides is 1. The van der Waals surface area contributed by atoms with Crippen LogP contribution in [0.4, 0.5) is 0 Å². The lowest BCUT2D eigenvalue weighted by Crippen LogP contribution is -2.12. The van der Waals surface area contributed by atoms with Crippen molar-refractivity contribution < 1.29 is 13.9 Å². The van der Waals surface area contributed by atoms with Crippen LogP contribution in [-0.4, -0.2) is 17.6 Å². The van der Waals surface area contributed by atoms with Gasteiger partial charge in [-0.1, -0.05) is 36.5 Å². The third-order valence-corrected chi connectivity index (χ3v) is 5.51. The first-order valence-corrected chi connectivity index (χ1v) is 9.16. The second kappa shape index (κ2) is 6.46. The van der Waals surface area contributed by atoms with E-state index >= 15 is 0 Å². The van der Waals surface area contributed by atoms with E-state index in [4.69, 9.17) is 9.15 Å². The molecule has 0 saturated heterocycles. The van der Waals surface area contributed by atoms with Gasteiger partial charge in [0.2, 0.25) is 0 Å². The van der Waals surface area contributed by atoms with Gasteiger partial charge in [-0.2, -0.15) is 4.99 Å². The molecule has 2 aromatic carbocycles. The molecule has 4 aromatic rings. The molecule has 0 radical (unpaired) electrons. The molecule has 1 amide bonds. The lowest BCUT2D eigenvalue weighted by molar-refractivity contribution is 0.0973. The summed E-state index contributed by atoms with van der Waals surface area (Å²) in [4.78, 5) is 17.6. The van der Waals surface area contributed by atoms with E-state index in [1.807, 2.05) is 23.7 Å². The Hall–Kier alpha value is -2.86. The summed E-state index contributed by atoms with van der Waals surface area (Å²) in [5.74, 6) is 0.401. The highest BCUT2D eigenvalue weighted by Gasteiger charge is 2.15. The summed E-state index contributed by atoms with van der Waals surface area (Å²) in [5.41, 5.74) is 2.88. The summed E-state index contributed by atoms with van der Waals surface area (Å²) in [6.45, 7) is 2.12. The van der Waals surface area contributed by atoms with E-state index in [0.717, 1.165) is 22.0 Å². The third kappa shape index (κ3) is 2.72. The fraction of sp³-hybridized carbons (Fsp3) is 0.200. The lowest BCUT2D eigenvalue weighted by atomic mass is 10.2. The number of furan rings is 1. The number of fused-ring (bicyclic) bond motifs is 2. The van der Waals surface area contributed by atoms with Crippen LogP contribution in [0.25, 0.3) is 21.2 Å². The maximum Gasteiger partial charge on any atom is 0.315 e.